The molecule has 13 heavy (non-hydrogen) atoms. The van der Waals surface area contributed by atoms with E-state index in [2.05, 4.69) is 0 Å². The molecule has 0 aromatic carbocycles. The summed E-state index contributed by atoms with van der Waals surface area (Å²) in [7, 11) is 0. The van der Waals surface area contributed by atoms with Gasteiger partial charge in [-0.05, 0) is 24.5 Å². The molecule has 0 bridgehead atoms. The maximum absolute atomic E-state index is 11.5. The van der Waals surface area contributed by atoms with Gasteiger partial charge in [-0.2, -0.15) is 0 Å². The van der Waals surface area contributed by atoms with Crippen LogP contribution < -0.4 is 0 Å². The summed E-state index contributed by atoms with van der Waals surface area (Å²) in [4.78, 5) is 24.5. The van der Waals surface area contributed by atoms with Crippen LogP contribution in [0.5, 0.6) is 0 Å². The van der Waals surface area contributed by atoms with Gasteiger partial charge in [0.1, 0.15) is 0 Å². The zero-order valence-corrected chi connectivity index (χ0v) is 8.52. The first-order valence-corrected chi connectivity index (χ1v) is 5.88. The highest BCUT2D eigenvalue weighted by Crippen LogP contribution is 2.54. The molecule has 1 aliphatic carbocycles. The van der Waals surface area contributed by atoms with E-state index in [-0.39, 0.29) is 17.2 Å². The number of hydrogen-bond donors (Lipinski definition) is 0. The molecule has 0 atom stereocenters. The van der Waals surface area contributed by atoms with Crippen molar-refractivity contribution in [1.29, 1.82) is 0 Å². The van der Waals surface area contributed by atoms with Crippen LogP contribution in [0, 0.1) is 5.41 Å². The lowest BCUT2D eigenvalue weighted by Gasteiger charge is -2.29. The Kier molecular flexibility index (Phi) is 2.10. The van der Waals surface area contributed by atoms with Gasteiger partial charge < -0.3 is 0 Å². The highest BCUT2D eigenvalue weighted by molar-refractivity contribution is 7.98. The van der Waals surface area contributed by atoms with E-state index in [9.17, 15) is 9.59 Å². The van der Waals surface area contributed by atoms with Crippen LogP contribution in [-0.4, -0.2) is 28.8 Å². The summed E-state index contributed by atoms with van der Waals surface area (Å²) < 4.78 is 0. The van der Waals surface area contributed by atoms with E-state index in [1.807, 2.05) is 6.26 Å². The minimum Gasteiger partial charge on any atom is -0.274 e. The number of imide groups is 1. The van der Waals surface area contributed by atoms with Gasteiger partial charge in [0.25, 0.3) is 0 Å². The van der Waals surface area contributed by atoms with Crippen LogP contribution in [0.15, 0.2) is 0 Å². The largest absolute Gasteiger partial charge is 0.274 e. The van der Waals surface area contributed by atoms with Gasteiger partial charge in [0.15, 0.2) is 0 Å². The maximum Gasteiger partial charge on any atom is 0.230 e. The van der Waals surface area contributed by atoms with Gasteiger partial charge in [0.2, 0.25) is 11.8 Å². The molecule has 2 aliphatic rings. The smallest absolute Gasteiger partial charge is 0.230 e. The van der Waals surface area contributed by atoms with E-state index in [1.165, 1.54) is 16.7 Å². The van der Waals surface area contributed by atoms with E-state index >= 15 is 0 Å². The van der Waals surface area contributed by atoms with Crippen LogP contribution in [-0.2, 0) is 9.59 Å². The Morgan fingerprint density at radius 1 is 1.31 bits per heavy atom. The average Bonchev–Trinajstić information content (AvgIpc) is 2.78. The normalized spacial score (nSPS) is 25.5. The lowest BCUT2D eigenvalue weighted by atomic mass is 9.93. The van der Waals surface area contributed by atoms with Crippen LogP contribution in [0.2, 0.25) is 0 Å². The minimum absolute atomic E-state index is 0.0306. The molecular formula is C9H13NO2S. The number of rotatable bonds is 2. The molecule has 1 aliphatic heterocycles. The number of carbonyl (C=O) groups excluding carboxylic acids is 2. The Bertz CT molecular complexity index is 240. The molecule has 3 nitrogen and oxygen atoms in total. The standard InChI is InChI=1S/C9H13NO2S/c1-13-6-10-7(11)4-9(2-3-9)5-8(10)12/h2-6H2,1H3. The topological polar surface area (TPSA) is 37.4 Å². The lowest BCUT2D eigenvalue weighted by Crippen LogP contribution is -2.43. The van der Waals surface area contributed by atoms with Crippen LogP contribution in [0.1, 0.15) is 25.7 Å². The fourth-order valence-corrected chi connectivity index (χ4v) is 2.38. The summed E-state index contributed by atoms with van der Waals surface area (Å²) in [6, 6.07) is 0. The first-order valence-electron chi connectivity index (χ1n) is 4.49. The zero-order valence-electron chi connectivity index (χ0n) is 7.71. The van der Waals surface area contributed by atoms with Crippen molar-refractivity contribution in [3.05, 3.63) is 0 Å². The van der Waals surface area contributed by atoms with E-state index in [0.29, 0.717) is 18.7 Å². The van der Waals surface area contributed by atoms with Crippen molar-refractivity contribution >= 4 is 23.6 Å². The number of hydrogen-bond acceptors (Lipinski definition) is 3. The fourth-order valence-electron chi connectivity index (χ4n) is 1.84. The number of piperidine rings is 1. The predicted octanol–water partition coefficient (Wildman–Crippen LogP) is 1.24. The van der Waals surface area contributed by atoms with Crippen LogP contribution in [0.25, 0.3) is 0 Å². The molecule has 2 rings (SSSR count). The lowest BCUT2D eigenvalue weighted by molar-refractivity contribution is -0.149. The third-order valence-corrected chi connectivity index (χ3v) is 3.39. The first kappa shape index (κ1) is 9.06. The Hall–Kier alpha value is -0.510. The molecular weight excluding hydrogens is 186 g/mol. The van der Waals surface area contributed by atoms with Gasteiger partial charge in [-0.1, -0.05) is 0 Å². The number of amides is 2. The molecule has 0 aromatic rings. The molecule has 1 saturated carbocycles. The van der Waals surface area contributed by atoms with Gasteiger partial charge in [-0.15, -0.1) is 11.8 Å². The van der Waals surface area contributed by atoms with Crippen molar-refractivity contribution in [1.82, 2.24) is 4.90 Å². The highest BCUT2D eigenvalue weighted by atomic mass is 32.2. The molecule has 1 saturated heterocycles. The monoisotopic (exact) mass is 199 g/mol. The SMILES string of the molecule is CSCN1C(=O)CC2(CC2)CC1=O. The third-order valence-electron chi connectivity index (χ3n) is 2.87. The van der Waals surface area contributed by atoms with Gasteiger partial charge in [-0.25, -0.2) is 0 Å². The van der Waals surface area contributed by atoms with Gasteiger partial charge in [-0.3, -0.25) is 14.5 Å². The van der Waals surface area contributed by atoms with Crippen LogP contribution >= 0.6 is 11.8 Å². The maximum atomic E-state index is 11.5. The quantitative estimate of drug-likeness (QED) is 0.628. The molecule has 4 heteroatoms. The van der Waals surface area contributed by atoms with E-state index < -0.39 is 0 Å². The number of thioether (sulfide) groups is 1. The average molecular weight is 199 g/mol. The molecule has 0 unspecified atom stereocenters. The van der Waals surface area contributed by atoms with Crippen molar-refractivity contribution in [3.8, 4) is 0 Å². The number of nitrogens with zero attached hydrogens (tertiary/aromatic N) is 1. The van der Waals surface area contributed by atoms with E-state index in [0.717, 1.165) is 12.8 Å². The summed E-state index contributed by atoms with van der Waals surface area (Å²) in [5, 5.41) is 0. The summed E-state index contributed by atoms with van der Waals surface area (Å²) in [6.07, 6.45) is 5.23. The van der Waals surface area contributed by atoms with Crippen molar-refractivity contribution in [2.24, 2.45) is 5.41 Å². The summed E-state index contributed by atoms with van der Waals surface area (Å²) >= 11 is 1.52. The van der Waals surface area contributed by atoms with Crippen LogP contribution in [0.3, 0.4) is 0 Å². The molecule has 0 N–H and O–H groups in total. The van der Waals surface area contributed by atoms with Crippen molar-refractivity contribution in [3.63, 3.8) is 0 Å². The molecule has 72 valence electrons. The summed E-state index contributed by atoms with van der Waals surface area (Å²) in [5.74, 6) is 0.583. The second-order valence-electron chi connectivity index (χ2n) is 3.99. The first-order chi connectivity index (χ1) is 6.17. The Labute approximate surface area is 81.9 Å². The van der Waals surface area contributed by atoms with Gasteiger partial charge >= 0.3 is 0 Å². The molecule has 1 heterocycles. The summed E-state index contributed by atoms with van der Waals surface area (Å²) in [5.41, 5.74) is 0.100. The molecule has 0 radical (unpaired) electrons. The second kappa shape index (κ2) is 3.01. The fraction of sp³-hybridized carbons (Fsp3) is 0.778. The third kappa shape index (κ3) is 1.59. The molecule has 2 fully saturated rings. The Morgan fingerprint density at radius 2 is 1.85 bits per heavy atom. The zero-order chi connectivity index (χ0) is 9.47. The van der Waals surface area contributed by atoms with Gasteiger partial charge in [0, 0.05) is 12.8 Å². The molecule has 1 spiro atoms. The Balaban J connectivity index is 2.06. The highest BCUT2D eigenvalue weighted by Gasteiger charge is 2.51. The van der Waals surface area contributed by atoms with Gasteiger partial charge in [0.05, 0.1) is 5.88 Å². The van der Waals surface area contributed by atoms with E-state index in [4.69, 9.17) is 0 Å². The van der Waals surface area contributed by atoms with Crippen molar-refractivity contribution in [2.45, 2.75) is 25.7 Å². The van der Waals surface area contributed by atoms with Crippen molar-refractivity contribution in [2.75, 3.05) is 12.1 Å². The van der Waals surface area contributed by atoms with Crippen molar-refractivity contribution < 1.29 is 9.59 Å². The minimum atomic E-state index is 0.0306. The second-order valence-corrected chi connectivity index (χ2v) is 4.82. The number of likely N-dealkylation sites (tertiary alicyclic amines) is 1. The summed E-state index contributed by atoms with van der Waals surface area (Å²) in [6.45, 7) is 0. The van der Waals surface area contributed by atoms with E-state index in [1.54, 1.807) is 0 Å². The molecule has 0 aromatic heterocycles. The number of carbonyl (C=O) groups is 2. The Morgan fingerprint density at radius 3 is 2.23 bits per heavy atom. The van der Waals surface area contributed by atoms with Crippen LogP contribution in [0.4, 0.5) is 0 Å². The predicted molar refractivity (Wildman–Crippen MR) is 51.1 cm³/mol. The molecule has 2 amide bonds.